The third kappa shape index (κ3) is 3.21. The number of aryl methyl sites for hydroxylation is 1. The second-order valence-electron chi connectivity index (χ2n) is 4.76. The minimum atomic E-state index is -3.52. The lowest BCUT2D eigenvalue weighted by molar-refractivity contribution is 0.496. The van der Waals surface area contributed by atoms with Gasteiger partial charge in [0.15, 0.2) is 4.21 Å². The summed E-state index contributed by atoms with van der Waals surface area (Å²) >= 11 is 0.742. The van der Waals surface area contributed by atoms with Crippen LogP contribution in [0, 0.1) is 12.8 Å². The van der Waals surface area contributed by atoms with Gasteiger partial charge in [0.25, 0.3) is 10.0 Å². The van der Waals surface area contributed by atoms with E-state index in [1.54, 1.807) is 6.92 Å². The Morgan fingerprint density at radius 1 is 1.39 bits per heavy atom. The van der Waals surface area contributed by atoms with Crippen molar-refractivity contribution >= 4 is 21.4 Å². The Kier molecular flexibility index (Phi) is 4.24. The predicted molar refractivity (Wildman–Crippen MR) is 71.4 cm³/mol. The largest absolute Gasteiger partial charge is 0.315 e. The molecule has 102 valence electrons. The van der Waals surface area contributed by atoms with E-state index in [-0.39, 0.29) is 9.08 Å². The topological polar surface area (TPSA) is 79.0 Å². The normalized spacial score (nSPS) is 17.4. The van der Waals surface area contributed by atoms with Gasteiger partial charge in [-0.2, -0.15) is 0 Å². The molecule has 1 aromatic heterocycles. The monoisotopic (exact) mass is 290 g/mol. The summed E-state index contributed by atoms with van der Waals surface area (Å²) < 4.78 is 26.7. The Bertz CT molecular complexity index is 553. The first-order valence-electron chi connectivity index (χ1n) is 6.18. The van der Waals surface area contributed by atoms with Crippen molar-refractivity contribution in [2.75, 3.05) is 6.54 Å². The Balaban J connectivity index is 1.95. The van der Waals surface area contributed by atoms with E-state index in [9.17, 15) is 13.2 Å². The highest BCUT2D eigenvalue weighted by Crippen LogP contribution is 2.27. The van der Waals surface area contributed by atoms with Gasteiger partial charge in [0, 0.05) is 12.2 Å². The van der Waals surface area contributed by atoms with Crippen LogP contribution in [0.1, 0.15) is 37.8 Å². The summed E-state index contributed by atoms with van der Waals surface area (Å²) in [5.41, 5.74) is 0.415. The van der Waals surface area contributed by atoms with Crippen LogP contribution in [0.25, 0.3) is 0 Å². The predicted octanol–water partition coefficient (Wildman–Crippen LogP) is 1.60. The van der Waals surface area contributed by atoms with Crippen molar-refractivity contribution in [1.82, 2.24) is 9.71 Å². The quantitative estimate of drug-likeness (QED) is 0.864. The molecule has 2 rings (SSSR count). The summed E-state index contributed by atoms with van der Waals surface area (Å²) in [7, 11) is -3.52. The molecule has 0 amide bonds. The van der Waals surface area contributed by atoms with Gasteiger partial charge in [-0.1, -0.05) is 37.0 Å². The summed E-state index contributed by atoms with van der Waals surface area (Å²) in [6, 6.07) is 0. The van der Waals surface area contributed by atoms with Crippen LogP contribution in [-0.2, 0) is 10.0 Å². The van der Waals surface area contributed by atoms with Crippen LogP contribution in [0.15, 0.2) is 9.00 Å². The molecule has 1 aromatic rings. The third-order valence-corrected chi connectivity index (χ3v) is 6.41. The molecule has 0 saturated heterocycles. The van der Waals surface area contributed by atoms with E-state index >= 15 is 0 Å². The average Bonchev–Trinajstić information content (AvgIpc) is 2.88. The van der Waals surface area contributed by atoms with Gasteiger partial charge in [-0.05, 0) is 19.3 Å². The highest BCUT2D eigenvalue weighted by Gasteiger charge is 2.21. The maximum atomic E-state index is 12.0. The number of hydrogen-bond acceptors (Lipinski definition) is 4. The highest BCUT2D eigenvalue weighted by molar-refractivity contribution is 7.91. The number of hydrogen-bond donors (Lipinski definition) is 2. The second kappa shape index (κ2) is 5.54. The zero-order chi connectivity index (χ0) is 13.2. The lowest BCUT2D eigenvalue weighted by atomic mass is 10.1. The number of aromatic nitrogens is 1. The summed E-state index contributed by atoms with van der Waals surface area (Å²) in [5, 5.41) is 0. The van der Waals surface area contributed by atoms with Crippen molar-refractivity contribution in [1.29, 1.82) is 0 Å². The molecule has 0 spiro atoms. The molecule has 1 aliphatic carbocycles. The van der Waals surface area contributed by atoms with E-state index in [4.69, 9.17) is 0 Å². The number of nitrogens with one attached hydrogen (secondary N) is 2. The van der Waals surface area contributed by atoms with Crippen LogP contribution in [-0.4, -0.2) is 19.9 Å². The van der Waals surface area contributed by atoms with Gasteiger partial charge < -0.3 is 4.98 Å². The van der Waals surface area contributed by atoms with E-state index in [0.717, 1.165) is 17.8 Å². The number of thiazole rings is 1. The fraction of sp³-hybridized carbons (Fsp3) is 0.727. The molecule has 0 radical (unpaired) electrons. The number of H-pyrrole nitrogens is 1. The zero-order valence-electron chi connectivity index (χ0n) is 10.4. The van der Waals surface area contributed by atoms with Gasteiger partial charge in [0.2, 0.25) is 0 Å². The average molecular weight is 290 g/mol. The van der Waals surface area contributed by atoms with Gasteiger partial charge in [-0.3, -0.25) is 4.79 Å². The van der Waals surface area contributed by atoms with Crippen LogP contribution in [0.2, 0.25) is 0 Å². The van der Waals surface area contributed by atoms with Crippen LogP contribution >= 0.6 is 11.3 Å². The van der Waals surface area contributed by atoms with Crippen molar-refractivity contribution in [3.05, 3.63) is 15.4 Å². The van der Waals surface area contributed by atoms with Crippen LogP contribution in [0.5, 0.6) is 0 Å². The lowest BCUT2D eigenvalue weighted by Crippen LogP contribution is -2.25. The smallest absolute Gasteiger partial charge is 0.305 e. The van der Waals surface area contributed by atoms with E-state index in [1.807, 2.05) is 0 Å². The van der Waals surface area contributed by atoms with Gasteiger partial charge in [-0.25, -0.2) is 13.1 Å². The van der Waals surface area contributed by atoms with Gasteiger partial charge in [0.05, 0.1) is 0 Å². The van der Waals surface area contributed by atoms with Crippen molar-refractivity contribution in [3.63, 3.8) is 0 Å². The van der Waals surface area contributed by atoms with E-state index < -0.39 is 10.0 Å². The first-order chi connectivity index (χ1) is 8.49. The van der Waals surface area contributed by atoms with Crippen molar-refractivity contribution in [3.8, 4) is 0 Å². The van der Waals surface area contributed by atoms with E-state index in [0.29, 0.717) is 18.2 Å². The molecule has 18 heavy (non-hydrogen) atoms. The second-order valence-corrected chi connectivity index (χ2v) is 7.71. The fourth-order valence-corrected chi connectivity index (χ4v) is 4.80. The standard InChI is InChI=1S/C11H18N2O3S2/c1-8-10(17-11(14)13-8)18(15,16)12-7-6-9-4-2-3-5-9/h9,12H,2-7H2,1H3,(H,13,14). The maximum absolute atomic E-state index is 12.0. The summed E-state index contributed by atoms with van der Waals surface area (Å²) in [4.78, 5) is 13.3. The van der Waals surface area contributed by atoms with Gasteiger partial charge >= 0.3 is 4.87 Å². The Morgan fingerprint density at radius 2 is 2.06 bits per heavy atom. The molecule has 2 N–H and O–H groups in total. The number of aromatic amines is 1. The fourth-order valence-electron chi connectivity index (χ4n) is 2.41. The molecule has 0 aliphatic heterocycles. The lowest BCUT2D eigenvalue weighted by Gasteiger charge is -2.09. The van der Waals surface area contributed by atoms with E-state index in [2.05, 4.69) is 9.71 Å². The highest BCUT2D eigenvalue weighted by atomic mass is 32.2. The molecule has 5 nitrogen and oxygen atoms in total. The first-order valence-corrected chi connectivity index (χ1v) is 8.48. The Morgan fingerprint density at radius 3 is 2.61 bits per heavy atom. The molecular weight excluding hydrogens is 272 g/mol. The minimum Gasteiger partial charge on any atom is -0.315 e. The Hall–Kier alpha value is -0.660. The van der Waals surface area contributed by atoms with Crippen LogP contribution in [0.4, 0.5) is 0 Å². The van der Waals surface area contributed by atoms with Crippen LogP contribution in [0.3, 0.4) is 0 Å². The minimum absolute atomic E-state index is 0.110. The molecule has 0 atom stereocenters. The van der Waals surface area contributed by atoms with Crippen molar-refractivity contribution in [2.24, 2.45) is 5.92 Å². The first kappa shape index (κ1) is 13.8. The Labute approximate surface area is 111 Å². The number of sulfonamides is 1. The molecule has 0 aromatic carbocycles. The van der Waals surface area contributed by atoms with Crippen LogP contribution < -0.4 is 9.60 Å². The molecule has 1 heterocycles. The molecule has 0 bridgehead atoms. The van der Waals surface area contributed by atoms with E-state index in [1.165, 1.54) is 25.7 Å². The van der Waals surface area contributed by atoms with Gasteiger partial charge in [0.1, 0.15) is 0 Å². The zero-order valence-corrected chi connectivity index (χ0v) is 12.0. The molecule has 1 saturated carbocycles. The number of rotatable bonds is 5. The molecule has 1 fully saturated rings. The maximum Gasteiger partial charge on any atom is 0.305 e. The van der Waals surface area contributed by atoms with Gasteiger partial charge in [-0.15, -0.1) is 0 Å². The molecular formula is C11H18N2O3S2. The molecule has 7 heteroatoms. The summed E-state index contributed by atoms with van der Waals surface area (Å²) in [6.07, 6.45) is 5.82. The molecule has 1 aliphatic rings. The third-order valence-electron chi connectivity index (χ3n) is 3.34. The SMILES string of the molecule is Cc1[nH]c(=O)sc1S(=O)(=O)NCCC1CCCC1. The summed E-state index contributed by atoms with van der Waals surface area (Å²) in [6.45, 7) is 2.06. The van der Waals surface area contributed by atoms with Crippen molar-refractivity contribution in [2.45, 2.75) is 43.2 Å². The summed E-state index contributed by atoms with van der Waals surface area (Å²) in [5.74, 6) is 0.652. The molecule has 0 unspecified atom stereocenters. The van der Waals surface area contributed by atoms with Crippen molar-refractivity contribution < 1.29 is 8.42 Å².